The van der Waals surface area contributed by atoms with Gasteiger partial charge in [0.05, 0.1) is 29.9 Å². The molecule has 40 heavy (non-hydrogen) atoms. The van der Waals surface area contributed by atoms with E-state index in [4.69, 9.17) is 5.73 Å². The summed E-state index contributed by atoms with van der Waals surface area (Å²) in [5.74, 6) is -4.37. The zero-order valence-electron chi connectivity index (χ0n) is 20.8. The van der Waals surface area contributed by atoms with E-state index in [0.717, 1.165) is 36.5 Å². The Morgan fingerprint density at radius 2 is 1.70 bits per heavy atom. The molecule has 2 unspecified atom stereocenters. The first-order valence-electron chi connectivity index (χ1n) is 11.7. The SMILES string of the molecule is CCN(CC(O)(CNC(=O)C1C=NC(c2ccc(F)cc2)=C=C1N)C(F)(F)F)C(=O)c1ccccc1C(F)(F)F. The van der Waals surface area contributed by atoms with Gasteiger partial charge in [0.2, 0.25) is 5.91 Å². The van der Waals surface area contributed by atoms with Gasteiger partial charge < -0.3 is 21.1 Å². The highest BCUT2D eigenvalue weighted by molar-refractivity contribution is 5.99. The number of hydrogen-bond donors (Lipinski definition) is 3. The smallest absolute Gasteiger partial charge is 0.395 e. The number of hydrogen-bond acceptors (Lipinski definition) is 5. The van der Waals surface area contributed by atoms with Crippen molar-refractivity contribution >= 4 is 23.7 Å². The van der Waals surface area contributed by atoms with Gasteiger partial charge in [-0.3, -0.25) is 14.6 Å². The van der Waals surface area contributed by atoms with E-state index in [-0.39, 0.29) is 11.4 Å². The number of alkyl halides is 6. The van der Waals surface area contributed by atoms with Gasteiger partial charge in [-0.05, 0) is 43.3 Å². The molecule has 2 atom stereocenters. The molecule has 1 heterocycles. The van der Waals surface area contributed by atoms with Gasteiger partial charge in [0.15, 0.2) is 5.60 Å². The lowest BCUT2D eigenvalue weighted by Gasteiger charge is -2.36. The fourth-order valence-corrected chi connectivity index (χ4v) is 3.76. The van der Waals surface area contributed by atoms with Crippen LogP contribution in [0, 0.1) is 11.7 Å². The van der Waals surface area contributed by atoms with Crippen LogP contribution in [-0.2, 0) is 11.0 Å². The van der Waals surface area contributed by atoms with Crippen molar-refractivity contribution in [3.05, 3.63) is 82.5 Å². The van der Waals surface area contributed by atoms with Gasteiger partial charge in [-0.25, -0.2) is 4.39 Å². The Morgan fingerprint density at radius 3 is 2.25 bits per heavy atom. The number of halogens is 7. The van der Waals surface area contributed by atoms with Crippen LogP contribution in [0.1, 0.15) is 28.4 Å². The lowest BCUT2D eigenvalue weighted by atomic mass is 9.99. The van der Waals surface area contributed by atoms with Gasteiger partial charge in [-0.1, -0.05) is 17.9 Å². The predicted molar refractivity (Wildman–Crippen MR) is 130 cm³/mol. The minimum Gasteiger partial charge on any atom is -0.395 e. The van der Waals surface area contributed by atoms with Crippen molar-refractivity contribution in [2.75, 3.05) is 19.6 Å². The molecule has 1 aliphatic heterocycles. The summed E-state index contributed by atoms with van der Waals surface area (Å²) >= 11 is 0. The number of amides is 2. The Labute approximate surface area is 223 Å². The molecule has 2 amide bonds. The van der Waals surface area contributed by atoms with Crippen LogP contribution in [0.15, 0.2) is 65.0 Å². The predicted octanol–water partition coefficient (Wildman–Crippen LogP) is 3.90. The van der Waals surface area contributed by atoms with Crippen molar-refractivity contribution in [1.82, 2.24) is 10.2 Å². The average Bonchev–Trinajstić information content (AvgIpc) is 2.89. The van der Waals surface area contributed by atoms with E-state index < -0.39 is 72.3 Å². The van der Waals surface area contributed by atoms with Crippen molar-refractivity contribution in [2.45, 2.75) is 24.9 Å². The Morgan fingerprint density at radius 1 is 1.07 bits per heavy atom. The fourth-order valence-electron chi connectivity index (χ4n) is 3.76. The number of aliphatic imine (C=N–C) groups is 1. The number of nitrogens with zero attached hydrogens (tertiary/aromatic N) is 2. The van der Waals surface area contributed by atoms with E-state index in [9.17, 15) is 45.4 Å². The van der Waals surface area contributed by atoms with Crippen molar-refractivity contribution in [1.29, 1.82) is 0 Å². The highest BCUT2D eigenvalue weighted by atomic mass is 19.4. The standard InChI is InChI=1S/C26H23F7N4O3/c1-2-37(23(39)17-5-3-4-6-19(17)25(28,29)30)14-24(40,26(31,32)33)13-36-22(38)18-12-35-21(11-20(18)34)15-7-9-16(27)10-8-15/h3-10,12,18,40H,2,13-14,34H2,1H3,(H,36,38). The second-order valence-electron chi connectivity index (χ2n) is 8.80. The first-order valence-corrected chi connectivity index (χ1v) is 11.7. The molecule has 0 saturated carbocycles. The zero-order chi connectivity index (χ0) is 29.9. The van der Waals surface area contributed by atoms with Crippen LogP contribution in [0.25, 0.3) is 5.70 Å². The molecule has 1 aliphatic rings. The summed E-state index contributed by atoms with van der Waals surface area (Å²) in [6.07, 6.45) is -9.34. The summed E-state index contributed by atoms with van der Waals surface area (Å²) in [7, 11) is 0. The molecule has 2 aromatic rings. The highest BCUT2D eigenvalue weighted by Crippen LogP contribution is 2.34. The molecule has 14 heteroatoms. The minimum absolute atomic E-state index is 0.143. The van der Waals surface area contributed by atoms with Crippen molar-refractivity contribution in [2.24, 2.45) is 16.6 Å². The topological polar surface area (TPSA) is 108 Å². The molecular formula is C26H23F7N4O3. The van der Waals surface area contributed by atoms with Crippen molar-refractivity contribution in [3.8, 4) is 0 Å². The van der Waals surface area contributed by atoms with Crippen LogP contribution < -0.4 is 11.1 Å². The molecule has 0 saturated heterocycles. The van der Waals surface area contributed by atoms with Gasteiger partial charge in [-0.15, -0.1) is 0 Å². The van der Waals surface area contributed by atoms with E-state index in [1.54, 1.807) is 0 Å². The van der Waals surface area contributed by atoms with Crippen LogP contribution in [-0.4, -0.2) is 59.4 Å². The number of rotatable bonds is 8. The molecule has 0 aromatic heterocycles. The Bertz CT molecular complexity index is 1360. The Hall–Kier alpha value is -4.16. The third kappa shape index (κ3) is 6.69. The van der Waals surface area contributed by atoms with Crippen LogP contribution in [0.2, 0.25) is 0 Å². The van der Waals surface area contributed by atoms with E-state index in [2.05, 4.69) is 10.7 Å². The lowest BCUT2D eigenvalue weighted by Crippen LogP contribution is -2.61. The minimum atomic E-state index is -5.41. The molecule has 0 radical (unpaired) electrons. The van der Waals surface area contributed by atoms with Crippen LogP contribution in [0.3, 0.4) is 0 Å². The molecular weight excluding hydrogens is 549 g/mol. The number of carbonyl (C=O) groups is 2. The zero-order valence-corrected chi connectivity index (χ0v) is 20.8. The van der Waals surface area contributed by atoms with Crippen molar-refractivity contribution in [3.63, 3.8) is 0 Å². The molecule has 4 N–H and O–H groups in total. The first kappa shape index (κ1) is 30.4. The summed E-state index contributed by atoms with van der Waals surface area (Å²) in [6, 6.07) is 8.61. The van der Waals surface area contributed by atoms with E-state index in [1.165, 1.54) is 19.1 Å². The van der Waals surface area contributed by atoms with Gasteiger partial charge >= 0.3 is 12.4 Å². The summed E-state index contributed by atoms with van der Waals surface area (Å²) in [6.45, 7) is -2.19. The molecule has 7 nitrogen and oxygen atoms in total. The molecule has 214 valence electrons. The molecule has 0 fully saturated rings. The third-order valence-corrected chi connectivity index (χ3v) is 6.02. The van der Waals surface area contributed by atoms with Gasteiger partial charge in [0.1, 0.15) is 17.4 Å². The van der Waals surface area contributed by atoms with E-state index in [1.807, 2.05) is 5.32 Å². The maximum atomic E-state index is 14.0. The van der Waals surface area contributed by atoms with E-state index >= 15 is 0 Å². The van der Waals surface area contributed by atoms with Crippen molar-refractivity contribution < 1.29 is 45.4 Å². The van der Waals surface area contributed by atoms with Crippen LogP contribution in [0.5, 0.6) is 0 Å². The number of carbonyl (C=O) groups excluding carboxylic acids is 2. The average molecular weight is 572 g/mol. The summed E-state index contributed by atoms with van der Waals surface area (Å²) in [4.78, 5) is 29.9. The van der Waals surface area contributed by atoms with E-state index in [0.29, 0.717) is 16.5 Å². The lowest BCUT2D eigenvalue weighted by molar-refractivity contribution is -0.260. The second-order valence-corrected chi connectivity index (χ2v) is 8.80. The summed E-state index contributed by atoms with van der Waals surface area (Å²) < 4.78 is 95.1. The van der Waals surface area contributed by atoms with Gasteiger partial charge in [0.25, 0.3) is 5.91 Å². The number of nitrogens with two attached hydrogens (primary N) is 1. The van der Waals surface area contributed by atoms with Gasteiger partial charge in [-0.2, -0.15) is 26.3 Å². The number of nitrogens with one attached hydrogen (secondary N) is 1. The number of likely N-dealkylation sites (N-methyl/N-ethyl adjacent to an activating group) is 1. The van der Waals surface area contributed by atoms with Crippen LogP contribution >= 0.6 is 0 Å². The first-order chi connectivity index (χ1) is 18.6. The quantitative estimate of drug-likeness (QED) is 0.330. The molecule has 0 aliphatic carbocycles. The van der Waals surface area contributed by atoms with Gasteiger partial charge in [0, 0.05) is 18.3 Å². The maximum absolute atomic E-state index is 14.0. The Balaban J connectivity index is 1.80. The Kier molecular flexibility index (Phi) is 8.75. The molecule has 0 spiro atoms. The molecule has 2 aromatic carbocycles. The fraction of sp³-hybridized carbons (Fsp3) is 0.308. The summed E-state index contributed by atoms with van der Waals surface area (Å²) in [5, 5.41) is 12.4. The second kappa shape index (κ2) is 11.5. The maximum Gasteiger partial charge on any atom is 0.420 e. The number of benzene rings is 2. The highest BCUT2D eigenvalue weighted by Gasteiger charge is 2.55. The molecule has 3 rings (SSSR count). The third-order valence-electron chi connectivity index (χ3n) is 6.02. The van der Waals surface area contributed by atoms with Crippen LogP contribution in [0.4, 0.5) is 30.7 Å². The normalized spacial score (nSPS) is 17.0. The molecule has 0 bridgehead atoms. The largest absolute Gasteiger partial charge is 0.420 e. The monoisotopic (exact) mass is 572 g/mol. The summed E-state index contributed by atoms with van der Waals surface area (Å²) in [5.41, 5.74) is 2.79. The number of aliphatic hydroxyl groups is 1.